The molecule has 3 aliphatic rings. The minimum Gasteiger partial charge on any atom is -0.382 e. The Morgan fingerprint density at radius 3 is 2.54 bits per heavy atom. The van der Waals surface area contributed by atoms with Crippen molar-refractivity contribution < 1.29 is 14.4 Å². The van der Waals surface area contributed by atoms with E-state index in [1.165, 1.54) is 5.56 Å². The molecule has 3 N–H and O–H groups in total. The molecule has 7 heterocycles. The molecule has 1 saturated carbocycles. The fraction of sp³-hybridized carbons (Fsp3) is 0.425. The van der Waals surface area contributed by atoms with Crippen molar-refractivity contribution >= 4 is 46.0 Å². The van der Waals surface area contributed by atoms with Gasteiger partial charge in [-0.25, -0.2) is 19.7 Å². The van der Waals surface area contributed by atoms with E-state index in [2.05, 4.69) is 54.0 Å². The molecule has 3 fully saturated rings. The third-order valence-corrected chi connectivity index (χ3v) is 11.1. The number of fused-ring (bicyclic) bond motifs is 2. The minimum absolute atomic E-state index is 0.115. The Bertz CT molecular complexity index is 2250. The van der Waals surface area contributed by atoms with Gasteiger partial charge in [-0.05, 0) is 107 Å². The molecule has 278 valence electrons. The van der Waals surface area contributed by atoms with Crippen LogP contribution in [0, 0.1) is 17.2 Å². The molecule has 54 heavy (non-hydrogen) atoms. The third kappa shape index (κ3) is 7.23. The molecule has 5 aromatic rings. The summed E-state index contributed by atoms with van der Waals surface area (Å²) >= 11 is 0. The van der Waals surface area contributed by atoms with Gasteiger partial charge < -0.3 is 15.5 Å². The highest BCUT2D eigenvalue weighted by atomic mass is 16.2. The van der Waals surface area contributed by atoms with Crippen molar-refractivity contribution in [1.29, 1.82) is 5.26 Å². The summed E-state index contributed by atoms with van der Waals surface area (Å²) in [4.78, 5) is 55.5. The van der Waals surface area contributed by atoms with Crippen LogP contribution in [0.25, 0.3) is 22.5 Å². The van der Waals surface area contributed by atoms with Crippen LogP contribution in [0.4, 0.5) is 16.3 Å². The number of nitriles is 1. The molecule has 0 spiro atoms. The van der Waals surface area contributed by atoms with E-state index in [4.69, 9.17) is 0 Å². The number of rotatable bonds is 9. The minimum atomic E-state index is -0.408. The number of nitrogens with one attached hydrogen (secondary N) is 3. The normalized spacial score (nSPS) is 20.0. The van der Waals surface area contributed by atoms with E-state index in [1.807, 2.05) is 47.3 Å². The largest absolute Gasteiger partial charge is 0.382 e. The first kappa shape index (κ1) is 35.2. The zero-order chi connectivity index (χ0) is 37.3. The lowest BCUT2D eigenvalue weighted by Crippen LogP contribution is -2.50. The lowest BCUT2D eigenvalue weighted by molar-refractivity contribution is -0.120. The highest BCUT2D eigenvalue weighted by Gasteiger charge is 2.29. The van der Waals surface area contributed by atoms with Crippen LogP contribution in [-0.2, 0) is 4.79 Å². The summed E-state index contributed by atoms with van der Waals surface area (Å²) in [6, 6.07) is 11.8. The topological polar surface area (TPSA) is 166 Å². The second kappa shape index (κ2) is 14.9. The molecule has 14 nitrogen and oxygen atoms in total. The zero-order valence-corrected chi connectivity index (χ0v) is 30.7. The van der Waals surface area contributed by atoms with Crippen molar-refractivity contribution in [3.8, 4) is 11.9 Å². The molecule has 0 unspecified atom stereocenters. The summed E-state index contributed by atoms with van der Waals surface area (Å²) in [6.45, 7) is 7.63. The highest BCUT2D eigenvalue weighted by molar-refractivity contribution is 6.05. The molecule has 4 amide bonds. The zero-order valence-electron chi connectivity index (χ0n) is 30.7. The van der Waals surface area contributed by atoms with E-state index in [1.54, 1.807) is 29.6 Å². The van der Waals surface area contributed by atoms with Crippen LogP contribution in [0.5, 0.6) is 0 Å². The van der Waals surface area contributed by atoms with Gasteiger partial charge in [0.15, 0.2) is 0 Å². The average Bonchev–Trinajstić information content (AvgIpc) is 3.79. The monoisotopic (exact) mass is 727 g/mol. The summed E-state index contributed by atoms with van der Waals surface area (Å²) in [7, 11) is 0. The molecule has 0 aromatic carbocycles. The number of hydrogen-bond donors (Lipinski definition) is 3. The van der Waals surface area contributed by atoms with Crippen molar-refractivity contribution in [2.45, 2.75) is 76.8 Å². The van der Waals surface area contributed by atoms with Crippen LogP contribution in [-0.4, -0.2) is 84.9 Å². The molecule has 5 aromatic heterocycles. The van der Waals surface area contributed by atoms with E-state index in [9.17, 15) is 19.6 Å². The number of aromatic nitrogens is 5. The van der Waals surface area contributed by atoms with Crippen LogP contribution in [0.2, 0.25) is 0 Å². The fourth-order valence-electron chi connectivity index (χ4n) is 8.24. The lowest BCUT2D eigenvalue weighted by Gasteiger charge is -2.37. The SMILES string of the molecule is CC(C)Nc1cc(-n2ccc3cc(C#N)cnc32)ncc1C(=O)NC1CCC(CN2CCC(c3ccn4c(N5CCC(=O)NC5=O)cnc4c3)CC2)CC1. The number of imidazole rings is 1. The molecule has 14 heteroatoms. The molecular weight excluding hydrogens is 683 g/mol. The maximum Gasteiger partial charge on any atom is 0.329 e. The number of anilines is 2. The quantitative estimate of drug-likeness (QED) is 0.181. The Morgan fingerprint density at radius 2 is 1.78 bits per heavy atom. The van der Waals surface area contributed by atoms with Crippen molar-refractivity contribution in [2.24, 2.45) is 5.92 Å². The predicted octanol–water partition coefficient (Wildman–Crippen LogP) is 5.37. The molecule has 1 aliphatic carbocycles. The van der Waals surface area contributed by atoms with Crippen LogP contribution < -0.4 is 20.9 Å². The number of hydrogen-bond acceptors (Lipinski definition) is 9. The van der Waals surface area contributed by atoms with Crippen LogP contribution in [0.1, 0.15) is 86.2 Å². The molecule has 0 atom stereocenters. The Morgan fingerprint density at radius 1 is 0.963 bits per heavy atom. The lowest BCUT2D eigenvalue weighted by atomic mass is 9.84. The fourth-order valence-corrected chi connectivity index (χ4v) is 8.24. The van der Waals surface area contributed by atoms with Crippen LogP contribution in [0.3, 0.4) is 0 Å². The van der Waals surface area contributed by atoms with Gasteiger partial charge in [-0.15, -0.1) is 0 Å². The van der Waals surface area contributed by atoms with Gasteiger partial charge in [-0.1, -0.05) is 0 Å². The van der Waals surface area contributed by atoms with E-state index in [0.717, 1.165) is 74.9 Å². The van der Waals surface area contributed by atoms with Gasteiger partial charge in [-0.3, -0.25) is 28.8 Å². The second-order valence-electron chi connectivity index (χ2n) is 15.1. The van der Waals surface area contributed by atoms with Gasteiger partial charge in [0, 0.05) is 67.8 Å². The number of likely N-dealkylation sites (tertiary alicyclic amines) is 1. The highest BCUT2D eigenvalue weighted by Crippen LogP contribution is 2.33. The third-order valence-electron chi connectivity index (χ3n) is 11.1. The number of urea groups is 1. The Hall–Kier alpha value is -5.81. The van der Waals surface area contributed by atoms with Crippen molar-refractivity contribution in [1.82, 2.24) is 39.5 Å². The number of carbonyl (C=O) groups excluding carboxylic acids is 3. The maximum atomic E-state index is 13.6. The van der Waals surface area contributed by atoms with Gasteiger partial charge >= 0.3 is 6.03 Å². The van der Waals surface area contributed by atoms with E-state index >= 15 is 0 Å². The van der Waals surface area contributed by atoms with Crippen LogP contribution >= 0.6 is 0 Å². The first-order chi connectivity index (χ1) is 26.2. The van der Waals surface area contributed by atoms with Crippen molar-refractivity contribution in [2.75, 3.05) is 36.4 Å². The molecule has 2 aliphatic heterocycles. The summed E-state index contributed by atoms with van der Waals surface area (Å²) in [6.07, 6.45) is 15.3. The number of nitrogens with zero attached hydrogens (tertiary/aromatic N) is 8. The number of piperidine rings is 1. The summed E-state index contributed by atoms with van der Waals surface area (Å²) in [5.74, 6) is 2.02. The van der Waals surface area contributed by atoms with Crippen LogP contribution in [0.15, 0.2) is 61.3 Å². The van der Waals surface area contributed by atoms with E-state index in [-0.39, 0.29) is 30.3 Å². The standard InChI is InChI=1S/C40H45N11O3/c1-25(2)45-33-19-35(50-15-10-30-17-27(20-41)21-44-38(30)50)42-22-32(33)39(53)46-31-5-3-26(4-6-31)24-48-12-7-28(8-13-48)29-9-14-49-34(18-29)43-23-37(49)51-16-11-36(52)47-40(51)54/h9-10,14-15,17-19,21-23,25-26,28,31H,3-8,11-13,16,24H2,1-2H3,(H,42,45)(H,46,53)(H,47,52,54). The molecule has 2 saturated heterocycles. The Kier molecular flexibility index (Phi) is 9.72. The van der Waals surface area contributed by atoms with E-state index in [0.29, 0.717) is 46.8 Å². The molecule has 0 radical (unpaired) electrons. The number of pyridine rings is 3. The number of carbonyl (C=O) groups is 3. The summed E-state index contributed by atoms with van der Waals surface area (Å²) < 4.78 is 3.79. The van der Waals surface area contributed by atoms with Crippen molar-refractivity contribution in [3.63, 3.8) is 0 Å². The number of imide groups is 1. The molecule has 0 bridgehead atoms. The Labute approximate surface area is 313 Å². The van der Waals surface area contributed by atoms with Gasteiger partial charge in [-0.2, -0.15) is 5.26 Å². The Balaban J connectivity index is 0.832. The van der Waals surface area contributed by atoms with Crippen molar-refractivity contribution in [3.05, 3.63) is 78.0 Å². The first-order valence-electron chi connectivity index (χ1n) is 19.0. The van der Waals surface area contributed by atoms with Gasteiger partial charge in [0.25, 0.3) is 5.91 Å². The summed E-state index contributed by atoms with van der Waals surface area (Å²) in [5, 5.41) is 19.2. The number of amides is 4. The smallest absolute Gasteiger partial charge is 0.329 e. The van der Waals surface area contributed by atoms with Gasteiger partial charge in [0.05, 0.1) is 23.0 Å². The molecular formula is C40H45N11O3. The first-order valence-corrected chi connectivity index (χ1v) is 19.0. The summed E-state index contributed by atoms with van der Waals surface area (Å²) in [5.41, 5.74) is 4.52. The van der Waals surface area contributed by atoms with E-state index < -0.39 is 6.03 Å². The van der Waals surface area contributed by atoms with Gasteiger partial charge in [0.2, 0.25) is 5.91 Å². The predicted molar refractivity (Wildman–Crippen MR) is 205 cm³/mol. The second-order valence-corrected chi connectivity index (χ2v) is 15.1. The molecule has 8 rings (SSSR count). The maximum absolute atomic E-state index is 13.6. The van der Waals surface area contributed by atoms with Gasteiger partial charge in [0.1, 0.15) is 29.0 Å². The average molecular weight is 728 g/mol.